The van der Waals surface area contributed by atoms with Crippen molar-refractivity contribution in [2.24, 2.45) is 0 Å². The van der Waals surface area contributed by atoms with Crippen molar-refractivity contribution in [3.05, 3.63) is 41.5 Å². The van der Waals surface area contributed by atoms with E-state index in [1.165, 1.54) is 6.07 Å². The molecule has 0 bridgehead atoms. The third-order valence-electron chi connectivity index (χ3n) is 3.41. The van der Waals surface area contributed by atoms with Crippen molar-refractivity contribution in [2.45, 2.75) is 19.9 Å². The van der Waals surface area contributed by atoms with E-state index in [0.29, 0.717) is 41.3 Å². The van der Waals surface area contributed by atoms with Crippen LogP contribution in [0.2, 0.25) is 0 Å². The maximum atomic E-state index is 13.8. The van der Waals surface area contributed by atoms with Gasteiger partial charge in [0.15, 0.2) is 17.0 Å². The maximum absolute atomic E-state index is 13.8. The van der Waals surface area contributed by atoms with Crippen LogP contribution < -0.4 is 5.32 Å². The zero-order chi connectivity index (χ0) is 16.2. The molecule has 0 radical (unpaired) electrons. The fourth-order valence-electron chi connectivity index (χ4n) is 2.25. The van der Waals surface area contributed by atoms with E-state index in [2.05, 4.69) is 25.6 Å². The first-order chi connectivity index (χ1) is 11.2. The van der Waals surface area contributed by atoms with Gasteiger partial charge in [0.05, 0.1) is 13.2 Å². The lowest BCUT2D eigenvalue weighted by molar-refractivity contribution is 0.311. The monoisotopic (exact) mass is 316 g/mol. The highest BCUT2D eigenvalue weighted by Crippen LogP contribution is 2.19. The number of nitrogens with one attached hydrogen (secondary N) is 1. The van der Waals surface area contributed by atoms with Crippen LogP contribution in [0.3, 0.4) is 0 Å². The van der Waals surface area contributed by atoms with E-state index in [1.807, 2.05) is 6.92 Å². The third kappa shape index (κ3) is 3.11. The van der Waals surface area contributed by atoms with E-state index in [1.54, 1.807) is 22.9 Å². The number of hydrogen-bond donors (Lipinski definition) is 2. The first-order valence-corrected chi connectivity index (χ1v) is 7.41. The molecule has 2 N–H and O–H groups in total. The molecule has 0 spiro atoms. The second-order valence-electron chi connectivity index (χ2n) is 5.00. The predicted octanol–water partition coefficient (Wildman–Crippen LogP) is 1.38. The summed E-state index contributed by atoms with van der Waals surface area (Å²) >= 11 is 0. The summed E-state index contributed by atoms with van der Waals surface area (Å²) in [5.74, 6) is 0.871. The minimum absolute atomic E-state index is 0.0175. The molecule has 3 aromatic rings. The predicted molar refractivity (Wildman–Crippen MR) is 83.6 cm³/mol. The van der Waals surface area contributed by atoms with Crippen molar-refractivity contribution in [3.63, 3.8) is 0 Å². The molecule has 0 atom stereocenters. The molecule has 0 aliphatic carbocycles. The van der Waals surface area contributed by atoms with Crippen LogP contribution in [-0.4, -0.2) is 43.2 Å². The van der Waals surface area contributed by atoms with E-state index in [9.17, 15) is 4.39 Å². The van der Waals surface area contributed by atoms with Gasteiger partial charge >= 0.3 is 0 Å². The summed E-state index contributed by atoms with van der Waals surface area (Å²) in [6.45, 7) is 2.52. The molecule has 0 aliphatic rings. The van der Waals surface area contributed by atoms with Crippen molar-refractivity contribution in [2.75, 3.05) is 18.5 Å². The first kappa shape index (κ1) is 15.3. The van der Waals surface area contributed by atoms with Crippen molar-refractivity contribution in [3.8, 4) is 0 Å². The van der Waals surface area contributed by atoms with Gasteiger partial charge in [-0.1, -0.05) is 30.3 Å². The van der Waals surface area contributed by atoms with E-state index >= 15 is 0 Å². The van der Waals surface area contributed by atoms with Crippen LogP contribution in [0.1, 0.15) is 18.3 Å². The van der Waals surface area contributed by atoms with Gasteiger partial charge in [0.1, 0.15) is 11.6 Å². The number of aliphatic hydroxyl groups is 1. The summed E-state index contributed by atoms with van der Waals surface area (Å²) < 4.78 is 15.4. The molecule has 0 unspecified atom stereocenters. The Labute approximate surface area is 132 Å². The Balaban J connectivity index is 2.03. The third-order valence-corrected chi connectivity index (χ3v) is 3.41. The Morgan fingerprint density at radius 1 is 1.26 bits per heavy atom. The Morgan fingerprint density at radius 3 is 2.83 bits per heavy atom. The average Bonchev–Trinajstić information content (AvgIpc) is 2.97. The van der Waals surface area contributed by atoms with Gasteiger partial charge < -0.3 is 10.4 Å². The van der Waals surface area contributed by atoms with E-state index in [-0.39, 0.29) is 19.0 Å². The summed E-state index contributed by atoms with van der Waals surface area (Å²) in [6.07, 6.45) is 0.647. The number of halogens is 1. The van der Waals surface area contributed by atoms with Crippen LogP contribution >= 0.6 is 0 Å². The molecule has 3 rings (SSSR count). The zero-order valence-corrected chi connectivity index (χ0v) is 12.7. The average molecular weight is 316 g/mol. The van der Waals surface area contributed by atoms with Gasteiger partial charge in [-0.15, -0.1) is 5.10 Å². The minimum atomic E-state index is -0.292. The number of nitrogens with zero attached hydrogens (tertiary/aromatic N) is 5. The summed E-state index contributed by atoms with van der Waals surface area (Å²) in [6, 6.07) is 6.54. The Bertz CT molecular complexity index is 819. The number of aromatic nitrogens is 5. The standard InChI is InChI=1S/C15H17FN6O/c1-2-12-18-14(17-7-8-23)13-15(19-12)22(21-20-13)9-10-5-3-4-6-11(10)16/h3-6,23H,2,7-9H2,1H3,(H,17,18,19). The molecule has 0 aliphatic heterocycles. The van der Waals surface area contributed by atoms with Crippen LogP contribution in [-0.2, 0) is 13.0 Å². The van der Waals surface area contributed by atoms with Crippen LogP contribution in [0.15, 0.2) is 24.3 Å². The number of aliphatic hydroxyl groups excluding tert-OH is 1. The van der Waals surface area contributed by atoms with Crippen molar-refractivity contribution >= 4 is 17.0 Å². The highest BCUT2D eigenvalue weighted by atomic mass is 19.1. The van der Waals surface area contributed by atoms with Gasteiger partial charge in [-0.3, -0.25) is 0 Å². The van der Waals surface area contributed by atoms with Crippen LogP contribution in [0.4, 0.5) is 10.2 Å². The van der Waals surface area contributed by atoms with Crippen molar-refractivity contribution in [1.29, 1.82) is 0 Å². The van der Waals surface area contributed by atoms with Gasteiger partial charge in [0, 0.05) is 18.5 Å². The molecule has 0 saturated carbocycles. The van der Waals surface area contributed by atoms with Crippen molar-refractivity contribution < 1.29 is 9.50 Å². The fraction of sp³-hybridized carbons (Fsp3) is 0.333. The van der Waals surface area contributed by atoms with Crippen LogP contribution in [0.25, 0.3) is 11.2 Å². The van der Waals surface area contributed by atoms with Crippen LogP contribution in [0, 0.1) is 5.82 Å². The van der Waals surface area contributed by atoms with Gasteiger partial charge in [-0.25, -0.2) is 19.0 Å². The molecule has 0 amide bonds. The number of aryl methyl sites for hydroxylation is 1. The molecule has 2 aromatic heterocycles. The second kappa shape index (κ2) is 6.66. The molecule has 1 aromatic carbocycles. The largest absolute Gasteiger partial charge is 0.395 e. The number of benzene rings is 1. The Kier molecular flexibility index (Phi) is 4.42. The van der Waals surface area contributed by atoms with E-state index in [4.69, 9.17) is 5.11 Å². The minimum Gasteiger partial charge on any atom is -0.395 e. The van der Waals surface area contributed by atoms with Gasteiger partial charge in [0.2, 0.25) is 0 Å². The number of anilines is 1. The second-order valence-corrected chi connectivity index (χ2v) is 5.00. The molecule has 8 heteroatoms. The molecule has 23 heavy (non-hydrogen) atoms. The molecular formula is C15H17FN6O. The molecule has 0 fully saturated rings. The summed E-state index contributed by atoms with van der Waals surface area (Å²) in [7, 11) is 0. The lowest BCUT2D eigenvalue weighted by Gasteiger charge is -2.07. The SMILES string of the molecule is CCc1nc(NCCO)c2nnn(Cc3ccccc3F)c2n1. The van der Waals surface area contributed by atoms with Crippen molar-refractivity contribution in [1.82, 2.24) is 25.0 Å². The summed E-state index contributed by atoms with van der Waals surface area (Å²) in [5, 5.41) is 20.1. The maximum Gasteiger partial charge on any atom is 0.184 e. The van der Waals surface area contributed by atoms with Gasteiger partial charge in [0.25, 0.3) is 0 Å². The van der Waals surface area contributed by atoms with Crippen LogP contribution in [0.5, 0.6) is 0 Å². The molecule has 7 nitrogen and oxygen atoms in total. The van der Waals surface area contributed by atoms with E-state index < -0.39 is 0 Å². The molecular weight excluding hydrogens is 299 g/mol. The topological polar surface area (TPSA) is 88.8 Å². The Morgan fingerprint density at radius 2 is 2.09 bits per heavy atom. The lowest BCUT2D eigenvalue weighted by atomic mass is 10.2. The zero-order valence-electron chi connectivity index (χ0n) is 12.7. The lowest BCUT2D eigenvalue weighted by Crippen LogP contribution is -2.10. The fourth-order valence-corrected chi connectivity index (χ4v) is 2.25. The highest BCUT2D eigenvalue weighted by molar-refractivity contribution is 5.82. The molecule has 2 heterocycles. The van der Waals surface area contributed by atoms with Gasteiger partial charge in [-0.05, 0) is 6.07 Å². The summed E-state index contributed by atoms with van der Waals surface area (Å²) in [4.78, 5) is 8.82. The first-order valence-electron chi connectivity index (χ1n) is 7.41. The number of rotatable bonds is 6. The summed E-state index contributed by atoms with van der Waals surface area (Å²) in [5.41, 5.74) is 1.56. The highest BCUT2D eigenvalue weighted by Gasteiger charge is 2.15. The quantitative estimate of drug-likeness (QED) is 0.714. The molecule has 120 valence electrons. The molecule has 0 saturated heterocycles. The number of hydrogen-bond acceptors (Lipinski definition) is 6. The number of fused-ring (bicyclic) bond motifs is 1. The Hall–Kier alpha value is -2.61. The normalized spacial score (nSPS) is 11.1. The smallest absolute Gasteiger partial charge is 0.184 e. The van der Waals surface area contributed by atoms with Gasteiger partial charge in [-0.2, -0.15) is 0 Å². The van der Waals surface area contributed by atoms with E-state index in [0.717, 1.165) is 0 Å².